The Morgan fingerprint density at radius 2 is 1.80 bits per heavy atom. The van der Waals surface area contributed by atoms with Gasteiger partial charge in [-0.05, 0) is 36.8 Å². The predicted octanol–water partition coefficient (Wildman–Crippen LogP) is 3.25. The third-order valence-corrected chi connectivity index (χ3v) is 2.74. The number of nitrogens with one attached hydrogen (secondary N) is 1. The number of anilines is 2. The Labute approximate surface area is 113 Å². The molecule has 0 saturated carbocycles. The molecule has 0 atom stereocenters. The Bertz CT molecular complexity index is 686. The van der Waals surface area contributed by atoms with Crippen molar-refractivity contribution in [2.45, 2.75) is 6.92 Å². The number of carbonyl (C=O) groups is 1. The molecule has 0 fully saturated rings. The van der Waals surface area contributed by atoms with Crippen LogP contribution in [0.1, 0.15) is 15.9 Å². The molecule has 3 N–H and O–H groups in total. The van der Waals surface area contributed by atoms with Crippen LogP contribution in [0.4, 0.5) is 24.5 Å². The van der Waals surface area contributed by atoms with Gasteiger partial charge >= 0.3 is 0 Å². The van der Waals surface area contributed by atoms with Gasteiger partial charge in [0.05, 0.1) is 16.9 Å². The molecule has 20 heavy (non-hydrogen) atoms. The Morgan fingerprint density at radius 3 is 2.40 bits per heavy atom. The summed E-state index contributed by atoms with van der Waals surface area (Å²) in [6.07, 6.45) is 0. The number of aryl methyl sites for hydroxylation is 1. The summed E-state index contributed by atoms with van der Waals surface area (Å²) in [7, 11) is 0. The minimum absolute atomic E-state index is 0.0809. The van der Waals surface area contributed by atoms with Gasteiger partial charge in [-0.1, -0.05) is 6.07 Å². The highest BCUT2D eigenvalue weighted by atomic mass is 19.2. The summed E-state index contributed by atoms with van der Waals surface area (Å²) in [5.41, 5.74) is 4.93. The summed E-state index contributed by atoms with van der Waals surface area (Å²) in [6, 6.07) is 6.00. The lowest BCUT2D eigenvalue weighted by molar-refractivity contribution is 0.100. The van der Waals surface area contributed by atoms with Crippen LogP contribution in [-0.2, 0) is 0 Å². The van der Waals surface area contributed by atoms with E-state index in [-0.39, 0.29) is 11.3 Å². The molecule has 3 nitrogen and oxygen atoms in total. The van der Waals surface area contributed by atoms with Gasteiger partial charge in [-0.25, -0.2) is 13.2 Å². The third-order valence-electron chi connectivity index (χ3n) is 2.74. The van der Waals surface area contributed by atoms with Crippen LogP contribution >= 0.6 is 0 Å². The normalized spacial score (nSPS) is 10.4. The monoisotopic (exact) mass is 280 g/mol. The Kier molecular flexibility index (Phi) is 3.65. The second-order valence-corrected chi connectivity index (χ2v) is 4.26. The number of nitrogens with two attached hydrogens (primary N) is 1. The van der Waals surface area contributed by atoms with Gasteiger partial charge in [-0.2, -0.15) is 0 Å². The van der Waals surface area contributed by atoms with Crippen LogP contribution in [0, 0.1) is 24.4 Å². The lowest BCUT2D eigenvalue weighted by Crippen LogP contribution is -2.15. The number of hydrogen-bond donors (Lipinski definition) is 2. The van der Waals surface area contributed by atoms with Crippen molar-refractivity contribution < 1.29 is 18.0 Å². The van der Waals surface area contributed by atoms with Crippen LogP contribution < -0.4 is 11.1 Å². The maximum Gasteiger partial charge on any atom is 0.250 e. The topological polar surface area (TPSA) is 55.1 Å². The number of benzene rings is 2. The molecule has 0 radical (unpaired) electrons. The first-order chi connectivity index (χ1) is 9.40. The van der Waals surface area contributed by atoms with Gasteiger partial charge in [0.2, 0.25) is 0 Å². The Morgan fingerprint density at radius 1 is 1.10 bits per heavy atom. The van der Waals surface area contributed by atoms with Gasteiger partial charge in [0.15, 0.2) is 11.6 Å². The Hall–Kier alpha value is -2.50. The largest absolute Gasteiger partial charge is 0.366 e. The van der Waals surface area contributed by atoms with Gasteiger partial charge < -0.3 is 11.1 Å². The van der Waals surface area contributed by atoms with Gasteiger partial charge in [0, 0.05) is 0 Å². The fraction of sp³-hybridized carbons (Fsp3) is 0.0714. The zero-order valence-corrected chi connectivity index (χ0v) is 10.5. The molecular weight excluding hydrogens is 269 g/mol. The Balaban J connectivity index is 2.52. The van der Waals surface area contributed by atoms with E-state index < -0.39 is 29.0 Å². The van der Waals surface area contributed by atoms with E-state index >= 15 is 0 Å². The summed E-state index contributed by atoms with van der Waals surface area (Å²) < 4.78 is 40.7. The van der Waals surface area contributed by atoms with Crippen LogP contribution in [-0.4, -0.2) is 5.91 Å². The first-order valence-corrected chi connectivity index (χ1v) is 5.71. The fourth-order valence-electron chi connectivity index (χ4n) is 1.73. The quantitative estimate of drug-likeness (QED) is 0.906. The zero-order valence-electron chi connectivity index (χ0n) is 10.5. The molecule has 0 aliphatic carbocycles. The second kappa shape index (κ2) is 5.24. The van der Waals surface area contributed by atoms with E-state index in [4.69, 9.17) is 5.73 Å². The van der Waals surface area contributed by atoms with Gasteiger partial charge in [-0.15, -0.1) is 0 Å². The van der Waals surface area contributed by atoms with E-state index in [9.17, 15) is 18.0 Å². The molecule has 0 spiro atoms. The van der Waals surface area contributed by atoms with Crippen LogP contribution in [0.25, 0.3) is 0 Å². The number of amides is 1. The molecule has 2 aromatic rings. The van der Waals surface area contributed by atoms with E-state index in [1.807, 2.05) is 0 Å². The predicted molar refractivity (Wildman–Crippen MR) is 69.3 cm³/mol. The highest BCUT2D eigenvalue weighted by Gasteiger charge is 2.18. The highest BCUT2D eigenvalue weighted by molar-refractivity contribution is 5.99. The molecule has 0 aliphatic heterocycles. The highest BCUT2D eigenvalue weighted by Crippen LogP contribution is 2.27. The smallest absolute Gasteiger partial charge is 0.250 e. The minimum atomic E-state index is -1.29. The lowest BCUT2D eigenvalue weighted by Gasteiger charge is -2.12. The van der Waals surface area contributed by atoms with Crippen molar-refractivity contribution in [3.05, 3.63) is 58.9 Å². The molecule has 0 aliphatic rings. The molecular formula is C14H11F3N2O. The maximum absolute atomic E-state index is 13.8. The molecule has 104 valence electrons. The standard InChI is InChI=1S/C14H11F3N2O/c1-7-2-5-11(10(16)6-7)19-13-8(14(18)20)3-4-9(15)12(13)17/h2-6,19H,1H3,(H2,18,20). The number of hydrogen-bond acceptors (Lipinski definition) is 2. The first kappa shape index (κ1) is 13.9. The van der Waals surface area contributed by atoms with E-state index in [1.165, 1.54) is 12.1 Å². The zero-order chi connectivity index (χ0) is 14.9. The lowest BCUT2D eigenvalue weighted by atomic mass is 10.1. The van der Waals surface area contributed by atoms with Crippen molar-refractivity contribution in [1.29, 1.82) is 0 Å². The van der Waals surface area contributed by atoms with Crippen molar-refractivity contribution >= 4 is 17.3 Å². The molecule has 2 aromatic carbocycles. The number of primary amides is 1. The molecule has 0 saturated heterocycles. The maximum atomic E-state index is 13.8. The summed E-state index contributed by atoms with van der Waals surface area (Å²) in [6.45, 7) is 1.68. The van der Waals surface area contributed by atoms with Crippen molar-refractivity contribution in [2.75, 3.05) is 5.32 Å². The average Bonchev–Trinajstić information content (AvgIpc) is 2.37. The molecule has 0 unspecified atom stereocenters. The van der Waals surface area contributed by atoms with Crippen LogP contribution in [0.3, 0.4) is 0 Å². The van der Waals surface area contributed by atoms with E-state index in [0.29, 0.717) is 5.56 Å². The minimum Gasteiger partial charge on any atom is -0.366 e. The summed E-state index contributed by atoms with van der Waals surface area (Å²) >= 11 is 0. The molecule has 0 bridgehead atoms. The first-order valence-electron chi connectivity index (χ1n) is 5.71. The van der Waals surface area contributed by atoms with Crippen LogP contribution in [0.2, 0.25) is 0 Å². The van der Waals surface area contributed by atoms with Gasteiger partial charge in [0.1, 0.15) is 5.82 Å². The SMILES string of the molecule is Cc1ccc(Nc2c(C(N)=O)ccc(F)c2F)c(F)c1. The molecule has 2 rings (SSSR count). The average molecular weight is 280 g/mol. The molecule has 0 heterocycles. The summed E-state index contributed by atoms with van der Waals surface area (Å²) in [5.74, 6) is -4.05. The van der Waals surface area contributed by atoms with E-state index in [2.05, 4.69) is 5.32 Å². The molecule has 1 amide bonds. The van der Waals surface area contributed by atoms with E-state index in [1.54, 1.807) is 13.0 Å². The van der Waals surface area contributed by atoms with Crippen molar-refractivity contribution in [2.24, 2.45) is 5.73 Å². The summed E-state index contributed by atoms with van der Waals surface area (Å²) in [5, 5.41) is 2.37. The second-order valence-electron chi connectivity index (χ2n) is 4.26. The van der Waals surface area contributed by atoms with Crippen LogP contribution in [0.5, 0.6) is 0 Å². The van der Waals surface area contributed by atoms with Gasteiger partial charge in [0.25, 0.3) is 5.91 Å². The van der Waals surface area contributed by atoms with E-state index in [0.717, 1.165) is 12.1 Å². The number of rotatable bonds is 3. The molecule has 0 aromatic heterocycles. The van der Waals surface area contributed by atoms with Gasteiger partial charge in [-0.3, -0.25) is 4.79 Å². The fourth-order valence-corrected chi connectivity index (χ4v) is 1.73. The number of halogens is 3. The number of carbonyl (C=O) groups excluding carboxylic acids is 1. The van der Waals surface area contributed by atoms with Crippen molar-refractivity contribution in [3.63, 3.8) is 0 Å². The summed E-state index contributed by atoms with van der Waals surface area (Å²) in [4.78, 5) is 11.2. The van der Waals surface area contributed by atoms with Crippen molar-refractivity contribution in [1.82, 2.24) is 0 Å². The third kappa shape index (κ3) is 2.59. The van der Waals surface area contributed by atoms with Crippen LogP contribution in [0.15, 0.2) is 30.3 Å². The van der Waals surface area contributed by atoms with Crippen molar-refractivity contribution in [3.8, 4) is 0 Å². The molecule has 6 heteroatoms.